The van der Waals surface area contributed by atoms with Crippen molar-refractivity contribution in [3.8, 4) is 0 Å². The van der Waals surface area contributed by atoms with Crippen LogP contribution in [0.1, 0.15) is 31.7 Å². The summed E-state index contributed by atoms with van der Waals surface area (Å²) < 4.78 is 0. The first-order chi connectivity index (χ1) is 6.74. The van der Waals surface area contributed by atoms with Crippen LogP contribution in [0.3, 0.4) is 0 Å². The van der Waals surface area contributed by atoms with Gasteiger partial charge in [-0.05, 0) is 18.4 Å². The predicted molar refractivity (Wildman–Crippen MR) is 58.2 cm³/mol. The molecule has 1 rings (SSSR count). The highest BCUT2D eigenvalue weighted by Crippen LogP contribution is 2.17. The van der Waals surface area contributed by atoms with Crippen molar-refractivity contribution in [3.05, 3.63) is 35.9 Å². The Labute approximate surface area is 85.3 Å². The monoisotopic (exact) mass is 191 g/mol. The van der Waals surface area contributed by atoms with Gasteiger partial charge >= 0.3 is 0 Å². The van der Waals surface area contributed by atoms with Gasteiger partial charge in [-0.1, -0.05) is 37.3 Å². The Morgan fingerprint density at radius 2 is 2.00 bits per heavy atom. The van der Waals surface area contributed by atoms with Gasteiger partial charge in [0.1, 0.15) is 0 Å². The summed E-state index contributed by atoms with van der Waals surface area (Å²) >= 11 is 0. The topological polar surface area (TPSA) is 29.1 Å². The SMILES string of the molecule is CCNC(=O)CC(C)c1ccccc1. The van der Waals surface area contributed by atoms with Gasteiger partial charge in [-0.15, -0.1) is 0 Å². The van der Waals surface area contributed by atoms with E-state index in [4.69, 9.17) is 0 Å². The quantitative estimate of drug-likeness (QED) is 0.777. The molecule has 2 nitrogen and oxygen atoms in total. The van der Waals surface area contributed by atoms with E-state index in [1.807, 2.05) is 25.1 Å². The maximum atomic E-state index is 11.3. The van der Waals surface area contributed by atoms with E-state index in [-0.39, 0.29) is 5.91 Å². The second-order valence-corrected chi connectivity index (χ2v) is 3.47. The van der Waals surface area contributed by atoms with Crippen molar-refractivity contribution in [2.24, 2.45) is 0 Å². The number of hydrogen-bond donors (Lipinski definition) is 1. The second-order valence-electron chi connectivity index (χ2n) is 3.47. The summed E-state index contributed by atoms with van der Waals surface area (Å²) in [6, 6.07) is 10.1. The Balaban J connectivity index is 2.50. The smallest absolute Gasteiger partial charge is 0.220 e. The molecule has 1 unspecified atom stereocenters. The number of nitrogens with one attached hydrogen (secondary N) is 1. The minimum atomic E-state index is 0.129. The van der Waals surface area contributed by atoms with Gasteiger partial charge in [0, 0.05) is 13.0 Å². The van der Waals surface area contributed by atoms with Gasteiger partial charge in [0.25, 0.3) is 0 Å². The maximum absolute atomic E-state index is 11.3. The Bertz CT molecular complexity index is 282. The zero-order chi connectivity index (χ0) is 10.4. The lowest BCUT2D eigenvalue weighted by Crippen LogP contribution is -2.23. The molecule has 1 atom stereocenters. The molecule has 1 aromatic carbocycles. The highest BCUT2D eigenvalue weighted by Gasteiger charge is 2.09. The van der Waals surface area contributed by atoms with E-state index < -0.39 is 0 Å². The first-order valence-electron chi connectivity index (χ1n) is 5.05. The van der Waals surface area contributed by atoms with Crippen molar-refractivity contribution in [3.63, 3.8) is 0 Å². The molecule has 0 spiro atoms. The van der Waals surface area contributed by atoms with Crippen molar-refractivity contribution in [1.82, 2.24) is 5.32 Å². The third kappa shape index (κ3) is 3.21. The van der Waals surface area contributed by atoms with Crippen molar-refractivity contribution < 1.29 is 4.79 Å². The number of hydrogen-bond acceptors (Lipinski definition) is 1. The molecule has 0 bridgehead atoms. The largest absolute Gasteiger partial charge is 0.356 e. The third-order valence-electron chi connectivity index (χ3n) is 2.23. The van der Waals surface area contributed by atoms with Crippen LogP contribution in [0.2, 0.25) is 0 Å². The highest BCUT2D eigenvalue weighted by molar-refractivity contribution is 5.76. The molecule has 0 saturated carbocycles. The molecule has 0 aliphatic carbocycles. The Morgan fingerprint density at radius 1 is 1.36 bits per heavy atom. The summed E-state index contributed by atoms with van der Waals surface area (Å²) in [5.41, 5.74) is 1.22. The molecular weight excluding hydrogens is 174 g/mol. The van der Waals surface area contributed by atoms with Crippen LogP contribution in [0.5, 0.6) is 0 Å². The Hall–Kier alpha value is -1.31. The molecule has 1 aromatic rings. The molecule has 0 aliphatic rings. The average Bonchev–Trinajstić information content (AvgIpc) is 2.19. The fourth-order valence-corrected chi connectivity index (χ4v) is 1.45. The van der Waals surface area contributed by atoms with Crippen molar-refractivity contribution in [2.75, 3.05) is 6.54 Å². The van der Waals surface area contributed by atoms with Crippen LogP contribution in [0.4, 0.5) is 0 Å². The van der Waals surface area contributed by atoms with Gasteiger partial charge in [0.05, 0.1) is 0 Å². The van der Waals surface area contributed by atoms with E-state index in [1.165, 1.54) is 5.56 Å². The van der Waals surface area contributed by atoms with Gasteiger partial charge in [-0.3, -0.25) is 4.79 Å². The fourth-order valence-electron chi connectivity index (χ4n) is 1.45. The minimum Gasteiger partial charge on any atom is -0.356 e. The summed E-state index contributed by atoms with van der Waals surface area (Å²) in [6.45, 7) is 4.72. The molecule has 76 valence electrons. The van der Waals surface area contributed by atoms with Gasteiger partial charge in [-0.2, -0.15) is 0 Å². The standard InChI is InChI=1S/C12H17NO/c1-3-13-12(14)9-10(2)11-7-5-4-6-8-11/h4-8,10H,3,9H2,1-2H3,(H,13,14). The van der Waals surface area contributed by atoms with Gasteiger partial charge in [0.15, 0.2) is 0 Å². The van der Waals surface area contributed by atoms with E-state index in [0.717, 1.165) is 0 Å². The first kappa shape index (κ1) is 10.8. The van der Waals surface area contributed by atoms with Crippen molar-refractivity contribution >= 4 is 5.91 Å². The Morgan fingerprint density at radius 3 is 2.57 bits per heavy atom. The summed E-state index contributed by atoms with van der Waals surface area (Å²) in [7, 11) is 0. The molecule has 0 fully saturated rings. The maximum Gasteiger partial charge on any atom is 0.220 e. The van der Waals surface area contributed by atoms with Gasteiger partial charge in [0.2, 0.25) is 5.91 Å². The van der Waals surface area contributed by atoms with Crippen LogP contribution in [-0.2, 0) is 4.79 Å². The normalized spacial score (nSPS) is 12.1. The van der Waals surface area contributed by atoms with Crippen LogP contribution in [0.15, 0.2) is 30.3 Å². The van der Waals surface area contributed by atoms with Crippen LogP contribution < -0.4 is 5.32 Å². The molecule has 0 saturated heterocycles. The summed E-state index contributed by atoms with van der Waals surface area (Å²) in [5.74, 6) is 0.423. The summed E-state index contributed by atoms with van der Waals surface area (Å²) in [4.78, 5) is 11.3. The second kappa shape index (κ2) is 5.43. The molecule has 0 aliphatic heterocycles. The van der Waals surface area contributed by atoms with Crippen LogP contribution in [-0.4, -0.2) is 12.5 Å². The third-order valence-corrected chi connectivity index (χ3v) is 2.23. The number of carbonyl (C=O) groups is 1. The lowest BCUT2D eigenvalue weighted by molar-refractivity contribution is -0.121. The zero-order valence-corrected chi connectivity index (χ0v) is 8.79. The van der Waals surface area contributed by atoms with Crippen LogP contribution in [0, 0.1) is 0 Å². The zero-order valence-electron chi connectivity index (χ0n) is 8.79. The van der Waals surface area contributed by atoms with E-state index in [2.05, 4.69) is 24.4 Å². The lowest BCUT2D eigenvalue weighted by Gasteiger charge is -2.10. The number of rotatable bonds is 4. The number of benzene rings is 1. The minimum absolute atomic E-state index is 0.129. The molecule has 1 N–H and O–H groups in total. The van der Waals surface area contributed by atoms with Crippen molar-refractivity contribution in [1.29, 1.82) is 0 Å². The summed E-state index contributed by atoms with van der Waals surface area (Å²) in [5, 5.41) is 2.81. The molecule has 0 aromatic heterocycles. The number of amides is 1. The van der Waals surface area contributed by atoms with Crippen molar-refractivity contribution in [2.45, 2.75) is 26.2 Å². The van der Waals surface area contributed by atoms with Crippen LogP contribution >= 0.6 is 0 Å². The van der Waals surface area contributed by atoms with E-state index in [0.29, 0.717) is 18.9 Å². The predicted octanol–water partition coefficient (Wildman–Crippen LogP) is 2.32. The molecule has 1 amide bonds. The van der Waals surface area contributed by atoms with E-state index >= 15 is 0 Å². The molecule has 2 heteroatoms. The summed E-state index contributed by atoms with van der Waals surface area (Å²) in [6.07, 6.45) is 0.567. The van der Waals surface area contributed by atoms with Gasteiger partial charge in [-0.25, -0.2) is 0 Å². The number of carbonyl (C=O) groups excluding carboxylic acids is 1. The van der Waals surface area contributed by atoms with E-state index in [1.54, 1.807) is 0 Å². The molecule has 0 heterocycles. The van der Waals surface area contributed by atoms with Gasteiger partial charge < -0.3 is 5.32 Å². The van der Waals surface area contributed by atoms with E-state index in [9.17, 15) is 4.79 Å². The molecular formula is C12H17NO. The average molecular weight is 191 g/mol. The fraction of sp³-hybridized carbons (Fsp3) is 0.417. The first-order valence-corrected chi connectivity index (χ1v) is 5.05. The Kier molecular flexibility index (Phi) is 4.17. The van der Waals surface area contributed by atoms with Crippen LogP contribution in [0.25, 0.3) is 0 Å². The lowest BCUT2D eigenvalue weighted by atomic mass is 9.98. The molecule has 14 heavy (non-hydrogen) atoms. The highest BCUT2D eigenvalue weighted by atomic mass is 16.1. The molecule has 0 radical (unpaired) electrons.